The fourth-order valence-electron chi connectivity index (χ4n) is 2.58. The second-order valence-corrected chi connectivity index (χ2v) is 9.99. The Morgan fingerprint density at radius 1 is 1.20 bits per heavy atom. The molecule has 1 N–H and O–H groups in total. The van der Waals surface area contributed by atoms with Crippen molar-refractivity contribution in [3.05, 3.63) is 0 Å². The third-order valence-electron chi connectivity index (χ3n) is 4.09. The van der Waals surface area contributed by atoms with E-state index >= 15 is 0 Å². The molecule has 0 aromatic carbocycles. The van der Waals surface area contributed by atoms with Gasteiger partial charge in [-0.3, -0.25) is 4.99 Å². The van der Waals surface area contributed by atoms with Crippen LogP contribution in [-0.4, -0.2) is 81.8 Å². The van der Waals surface area contributed by atoms with E-state index in [0.717, 1.165) is 18.9 Å². The largest absolute Gasteiger partial charge is 0.378 e. The molecule has 1 fully saturated rings. The lowest BCUT2D eigenvalue weighted by atomic mass is 9.92. The summed E-state index contributed by atoms with van der Waals surface area (Å²) < 4.78 is 31.7. The first-order valence-electron chi connectivity index (χ1n) is 9.10. The van der Waals surface area contributed by atoms with Crippen LogP contribution in [0.15, 0.2) is 4.99 Å². The smallest absolute Gasteiger partial charge is 0.216 e. The Labute approximate surface area is 153 Å². The standard InChI is InChI=1S/C17H36N4O3S/c1-15(2)24-13-14-25(22,23)21-11-9-20(10-12-21)16(18-6)19-8-7-17(3,4)5/h15H,7-14H2,1-6H3,(H,18,19). The molecule has 1 heterocycles. The number of aliphatic imine (C=N–C) groups is 1. The fourth-order valence-corrected chi connectivity index (χ4v) is 3.86. The minimum absolute atomic E-state index is 0.0454. The topological polar surface area (TPSA) is 74.2 Å². The van der Waals surface area contributed by atoms with Crippen LogP contribution in [0.3, 0.4) is 0 Å². The highest BCUT2D eigenvalue weighted by molar-refractivity contribution is 7.89. The van der Waals surface area contributed by atoms with E-state index in [9.17, 15) is 8.42 Å². The molecule has 25 heavy (non-hydrogen) atoms. The molecule has 0 aromatic heterocycles. The molecular weight excluding hydrogens is 340 g/mol. The number of piperazine rings is 1. The van der Waals surface area contributed by atoms with Crippen molar-refractivity contribution < 1.29 is 13.2 Å². The van der Waals surface area contributed by atoms with E-state index < -0.39 is 10.0 Å². The Kier molecular flexibility index (Phi) is 8.63. The maximum absolute atomic E-state index is 12.4. The summed E-state index contributed by atoms with van der Waals surface area (Å²) in [5.74, 6) is 0.897. The van der Waals surface area contributed by atoms with Gasteiger partial charge in [-0.05, 0) is 25.7 Å². The number of rotatable bonds is 7. The molecule has 1 aliphatic rings. The zero-order chi connectivity index (χ0) is 19.1. The van der Waals surface area contributed by atoms with Gasteiger partial charge in [0.15, 0.2) is 5.96 Å². The molecule has 0 atom stereocenters. The molecular formula is C17H36N4O3S. The number of hydrogen-bond donors (Lipinski definition) is 1. The number of sulfonamides is 1. The van der Waals surface area contributed by atoms with Gasteiger partial charge in [-0.15, -0.1) is 0 Å². The molecule has 148 valence electrons. The van der Waals surface area contributed by atoms with Crippen LogP contribution >= 0.6 is 0 Å². The van der Waals surface area contributed by atoms with Crippen molar-refractivity contribution in [3.63, 3.8) is 0 Å². The van der Waals surface area contributed by atoms with E-state index in [1.165, 1.54) is 0 Å². The summed E-state index contributed by atoms with van der Waals surface area (Å²) in [6, 6.07) is 0. The van der Waals surface area contributed by atoms with Crippen LogP contribution in [0, 0.1) is 5.41 Å². The van der Waals surface area contributed by atoms with E-state index in [2.05, 4.69) is 36.0 Å². The third kappa shape index (κ3) is 8.37. The molecule has 0 amide bonds. The van der Waals surface area contributed by atoms with Crippen molar-refractivity contribution >= 4 is 16.0 Å². The minimum atomic E-state index is -3.25. The second-order valence-electron chi connectivity index (χ2n) is 7.91. The normalized spacial score (nSPS) is 18.0. The van der Waals surface area contributed by atoms with Crippen molar-refractivity contribution in [1.82, 2.24) is 14.5 Å². The Morgan fingerprint density at radius 2 is 1.80 bits per heavy atom. The molecule has 0 spiro atoms. The van der Waals surface area contributed by atoms with Gasteiger partial charge in [0.2, 0.25) is 10.0 Å². The molecule has 0 saturated carbocycles. The van der Waals surface area contributed by atoms with E-state index in [1.54, 1.807) is 11.4 Å². The van der Waals surface area contributed by atoms with Gasteiger partial charge >= 0.3 is 0 Å². The summed E-state index contributed by atoms with van der Waals surface area (Å²) in [5.41, 5.74) is 0.274. The maximum Gasteiger partial charge on any atom is 0.216 e. The first kappa shape index (κ1) is 22.2. The number of ether oxygens (including phenoxy) is 1. The van der Waals surface area contributed by atoms with E-state index in [-0.39, 0.29) is 23.9 Å². The highest BCUT2D eigenvalue weighted by Crippen LogP contribution is 2.17. The lowest BCUT2D eigenvalue weighted by Gasteiger charge is -2.36. The lowest BCUT2D eigenvalue weighted by Crippen LogP contribution is -2.54. The molecule has 0 aliphatic carbocycles. The minimum Gasteiger partial charge on any atom is -0.378 e. The van der Waals surface area contributed by atoms with Crippen LogP contribution in [0.25, 0.3) is 0 Å². The molecule has 0 radical (unpaired) electrons. The van der Waals surface area contributed by atoms with Gasteiger partial charge in [0.25, 0.3) is 0 Å². The van der Waals surface area contributed by atoms with Crippen molar-refractivity contribution in [1.29, 1.82) is 0 Å². The van der Waals surface area contributed by atoms with Crippen molar-refractivity contribution in [2.24, 2.45) is 10.4 Å². The highest BCUT2D eigenvalue weighted by atomic mass is 32.2. The van der Waals surface area contributed by atoms with Gasteiger partial charge in [-0.25, -0.2) is 8.42 Å². The Hall–Kier alpha value is -0.860. The van der Waals surface area contributed by atoms with Crippen molar-refractivity contribution in [2.75, 3.05) is 52.1 Å². The quantitative estimate of drug-likeness (QED) is 0.537. The molecule has 8 heteroatoms. The van der Waals surface area contributed by atoms with Crippen LogP contribution in [-0.2, 0) is 14.8 Å². The molecule has 1 rings (SSSR count). The molecule has 1 aliphatic heterocycles. The van der Waals surface area contributed by atoms with Gasteiger partial charge in [-0.1, -0.05) is 20.8 Å². The van der Waals surface area contributed by atoms with Crippen molar-refractivity contribution in [3.8, 4) is 0 Å². The number of hydrogen-bond acceptors (Lipinski definition) is 4. The Morgan fingerprint density at radius 3 is 2.28 bits per heavy atom. The summed E-state index contributed by atoms with van der Waals surface area (Å²) in [6.45, 7) is 13.8. The van der Waals surface area contributed by atoms with Gasteiger partial charge in [-0.2, -0.15) is 4.31 Å². The predicted octanol–water partition coefficient (Wildman–Crippen LogP) is 1.37. The van der Waals surface area contributed by atoms with Crippen molar-refractivity contribution in [2.45, 2.75) is 47.1 Å². The summed E-state index contributed by atoms with van der Waals surface area (Å²) in [7, 11) is -1.48. The van der Waals surface area contributed by atoms with Crippen LogP contribution in [0.4, 0.5) is 0 Å². The first-order chi connectivity index (χ1) is 11.5. The van der Waals surface area contributed by atoms with Crippen LogP contribution in [0.1, 0.15) is 41.0 Å². The van der Waals surface area contributed by atoms with E-state index in [4.69, 9.17) is 4.74 Å². The molecule has 0 unspecified atom stereocenters. The predicted molar refractivity (Wildman–Crippen MR) is 103 cm³/mol. The maximum atomic E-state index is 12.4. The summed E-state index contributed by atoms with van der Waals surface area (Å²) in [5, 5.41) is 3.38. The SMILES string of the molecule is CN=C(NCCC(C)(C)C)N1CCN(S(=O)(=O)CCOC(C)C)CC1. The summed E-state index contributed by atoms with van der Waals surface area (Å²) in [6.07, 6.45) is 1.10. The highest BCUT2D eigenvalue weighted by Gasteiger charge is 2.28. The van der Waals surface area contributed by atoms with Gasteiger partial charge < -0.3 is 15.0 Å². The first-order valence-corrected chi connectivity index (χ1v) is 10.7. The van der Waals surface area contributed by atoms with Crippen LogP contribution in [0.5, 0.6) is 0 Å². The summed E-state index contributed by atoms with van der Waals surface area (Å²) in [4.78, 5) is 6.46. The average Bonchev–Trinajstić information content (AvgIpc) is 2.50. The Bertz CT molecular complexity index is 519. The zero-order valence-electron chi connectivity index (χ0n) is 16.7. The average molecular weight is 377 g/mol. The van der Waals surface area contributed by atoms with Gasteiger partial charge in [0, 0.05) is 39.8 Å². The Balaban J connectivity index is 2.45. The lowest BCUT2D eigenvalue weighted by molar-refractivity contribution is 0.0904. The summed E-state index contributed by atoms with van der Waals surface area (Å²) >= 11 is 0. The molecule has 1 saturated heterocycles. The van der Waals surface area contributed by atoms with E-state index in [0.29, 0.717) is 26.2 Å². The fraction of sp³-hybridized carbons (Fsp3) is 0.941. The van der Waals surface area contributed by atoms with E-state index in [1.807, 2.05) is 13.8 Å². The van der Waals surface area contributed by atoms with Gasteiger partial charge in [0.05, 0.1) is 18.5 Å². The number of guanidine groups is 1. The zero-order valence-corrected chi connectivity index (χ0v) is 17.5. The van der Waals surface area contributed by atoms with Gasteiger partial charge in [0.1, 0.15) is 0 Å². The molecule has 0 bridgehead atoms. The monoisotopic (exact) mass is 376 g/mol. The number of nitrogens with one attached hydrogen (secondary N) is 1. The van der Waals surface area contributed by atoms with Crippen LogP contribution in [0.2, 0.25) is 0 Å². The third-order valence-corrected chi connectivity index (χ3v) is 5.93. The molecule has 0 aromatic rings. The number of nitrogens with zero attached hydrogens (tertiary/aromatic N) is 3. The van der Waals surface area contributed by atoms with Crippen LogP contribution < -0.4 is 5.32 Å². The molecule has 7 nitrogen and oxygen atoms in total. The second kappa shape index (κ2) is 9.73.